The van der Waals surface area contributed by atoms with Crippen molar-refractivity contribution in [2.24, 2.45) is 0 Å². The van der Waals surface area contributed by atoms with Crippen molar-refractivity contribution in [1.82, 2.24) is 0 Å². The predicted octanol–water partition coefficient (Wildman–Crippen LogP) is 3.68. The Hall–Kier alpha value is -1.94. The Morgan fingerprint density at radius 3 is 2.76 bits per heavy atom. The molecule has 0 spiro atoms. The Balaban J connectivity index is 2.25. The van der Waals surface area contributed by atoms with Gasteiger partial charge in [-0.25, -0.2) is 4.79 Å². The van der Waals surface area contributed by atoms with Gasteiger partial charge in [0.15, 0.2) is 5.88 Å². The van der Waals surface area contributed by atoms with Gasteiger partial charge < -0.3 is 14.8 Å². The maximum atomic E-state index is 10.6. The molecule has 0 aliphatic carbocycles. The van der Waals surface area contributed by atoms with Crippen molar-refractivity contribution in [1.29, 1.82) is 0 Å². The number of nitrogens with one attached hydrogen (secondary N) is 1. The molecule has 0 radical (unpaired) electrons. The summed E-state index contributed by atoms with van der Waals surface area (Å²) >= 11 is 5.99. The highest BCUT2D eigenvalue weighted by Gasteiger charge is 2.09. The van der Waals surface area contributed by atoms with Gasteiger partial charge in [-0.15, -0.1) is 0 Å². The van der Waals surface area contributed by atoms with E-state index in [1.807, 2.05) is 19.1 Å². The van der Waals surface area contributed by atoms with Gasteiger partial charge in [-0.05, 0) is 30.7 Å². The van der Waals surface area contributed by atoms with Crippen LogP contribution in [-0.4, -0.2) is 11.1 Å². The first-order chi connectivity index (χ1) is 8.06. The number of carbonyl (C=O) groups is 1. The molecule has 1 heterocycles. The van der Waals surface area contributed by atoms with Crippen molar-refractivity contribution < 1.29 is 14.3 Å². The summed E-state index contributed by atoms with van der Waals surface area (Å²) in [7, 11) is 0. The van der Waals surface area contributed by atoms with Crippen molar-refractivity contribution in [3.05, 3.63) is 46.7 Å². The van der Waals surface area contributed by atoms with E-state index in [1.54, 1.807) is 12.1 Å². The molecule has 0 unspecified atom stereocenters. The van der Waals surface area contributed by atoms with Crippen LogP contribution >= 0.6 is 11.6 Å². The molecule has 2 rings (SSSR count). The molecule has 0 amide bonds. The van der Waals surface area contributed by atoms with E-state index >= 15 is 0 Å². The van der Waals surface area contributed by atoms with Gasteiger partial charge in [-0.2, -0.15) is 0 Å². The fourth-order valence-corrected chi connectivity index (χ4v) is 1.55. The van der Waals surface area contributed by atoms with Crippen molar-refractivity contribution in [2.45, 2.75) is 6.92 Å². The van der Waals surface area contributed by atoms with Gasteiger partial charge in [-0.1, -0.05) is 17.7 Å². The zero-order valence-corrected chi connectivity index (χ0v) is 9.78. The Bertz CT molecular complexity index is 563. The van der Waals surface area contributed by atoms with Gasteiger partial charge in [0, 0.05) is 6.07 Å². The lowest BCUT2D eigenvalue weighted by molar-refractivity contribution is 0.0663. The Kier molecular flexibility index (Phi) is 3.06. The molecule has 2 aromatic rings. The number of aryl methyl sites for hydroxylation is 1. The quantitative estimate of drug-likeness (QED) is 0.873. The number of hydrogen-bond acceptors (Lipinski definition) is 3. The molecule has 1 aromatic carbocycles. The Morgan fingerprint density at radius 2 is 2.12 bits per heavy atom. The summed E-state index contributed by atoms with van der Waals surface area (Å²) in [6.45, 7) is 1.94. The van der Waals surface area contributed by atoms with Gasteiger partial charge in [0.05, 0.1) is 10.7 Å². The van der Waals surface area contributed by atoms with E-state index < -0.39 is 5.97 Å². The van der Waals surface area contributed by atoms with E-state index in [-0.39, 0.29) is 5.76 Å². The van der Waals surface area contributed by atoms with Crippen LogP contribution in [0, 0.1) is 6.92 Å². The van der Waals surface area contributed by atoms with Gasteiger partial charge in [0.2, 0.25) is 5.76 Å². The van der Waals surface area contributed by atoms with Crippen LogP contribution in [0.2, 0.25) is 5.02 Å². The SMILES string of the molecule is Cc1ccc(Cl)c(Nc2ccc(C(=O)O)o2)c1. The largest absolute Gasteiger partial charge is 0.475 e. The fraction of sp³-hybridized carbons (Fsp3) is 0.0833. The maximum Gasteiger partial charge on any atom is 0.371 e. The van der Waals surface area contributed by atoms with E-state index in [4.69, 9.17) is 21.1 Å². The number of benzene rings is 1. The topological polar surface area (TPSA) is 62.5 Å². The summed E-state index contributed by atoms with van der Waals surface area (Å²) in [6, 6.07) is 8.43. The van der Waals surface area contributed by atoms with Crippen LogP contribution in [0.4, 0.5) is 11.6 Å². The lowest BCUT2D eigenvalue weighted by Gasteiger charge is -2.06. The molecular formula is C12H10ClNO3. The third-order valence-corrected chi connectivity index (χ3v) is 2.53. The van der Waals surface area contributed by atoms with Crippen LogP contribution in [0.5, 0.6) is 0 Å². The second-order valence-electron chi connectivity index (χ2n) is 3.58. The van der Waals surface area contributed by atoms with E-state index in [1.165, 1.54) is 6.07 Å². The molecule has 0 saturated carbocycles. The third-order valence-electron chi connectivity index (χ3n) is 2.20. The molecule has 5 heteroatoms. The summed E-state index contributed by atoms with van der Waals surface area (Å²) in [5.74, 6) is -0.875. The highest BCUT2D eigenvalue weighted by atomic mass is 35.5. The van der Waals surface area contributed by atoms with E-state index in [0.29, 0.717) is 16.6 Å². The highest BCUT2D eigenvalue weighted by molar-refractivity contribution is 6.33. The van der Waals surface area contributed by atoms with Crippen LogP contribution < -0.4 is 5.32 Å². The van der Waals surface area contributed by atoms with Crippen LogP contribution in [0.15, 0.2) is 34.7 Å². The first-order valence-electron chi connectivity index (χ1n) is 4.92. The smallest absolute Gasteiger partial charge is 0.371 e. The van der Waals surface area contributed by atoms with E-state index in [0.717, 1.165) is 5.56 Å². The zero-order chi connectivity index (χ0) is 12.4. The third kappa shape index (κ3) is 2.60. The number of carboxylic acids is 1. The molecular weight excluding hydrogens is 242 g/mol. The number of halogens is 1. The number of hydrogen-bond donors (Lipinski definition) is 2. The molecule has 0 saturated heterocycles. The van der Waals surface area contributed by atoms with Crippen LogP contribution in [0.3, 0.4) is 0 Å². The number of carboxylic acid groups (broad SMARTS) is 1. The lowest BCUT2D eigenvalue weighted by atomic mass is 10.2. The summed E-state index contributed by atoms with van der Waals surface area (Å²) in [6.07, 6.45) is 0. The summed E-state index contributed by atoms with van der Waals surface area (Å²) < 4.78 is 5.07. The second-order valence-corrected chi connectivity index (χ2v) is 3.98. The Labute approximate surface area is 103 Å². The number of furan rings is 1. The van der Waals surface area contributed by atoms with E-state index in [2.05, 4.69) is 5.32 Å². The molecule has 0 fully saturated rings. The van der Waals surface area contributed by atoms with E-state index in [9.17, 15) is 4.79 Å². The molecule has 17 heavy (non-hydrogen) atoms. The average Bonchev–Trinajstić information content (AvgIpc) is 2.72. The first-order valence-corrected chi connectivity index (χ1v) is 5.30. The van der Waals surface area contributed by atoms with Crippen molar-refractivity contribution in [3.8, 4) is 0 Å². The molecule has 4 nitrogen and oxygen atoms in total. The zero-order valence-electron chi connectivity index (χ0n) is 9.03. The maximum absolute atomic E-state index is 10.6. The van der Waals surface area contributed by atoms with Crippen LogP contribution in [0.1, 0.15) is 16.1 Å². The first kappa shape index (κ1) is 11.5. The predicted molar refractivity (Wildman–Crippen MR) is 65.1 cm³/mol. The Morgan fingerprint density at radius 1 is 1.35 bits per heavy atom. The minimum absolute atomic E-state index is 0.115. The van der Waals surface area contributed by atoms with Crippen LogP contribution in [0.25, 0.3) is 0 Å². The molecule has 0 aliphatic heterocycles. The average molecular weight is 252 g/mol. The van der Waals surface area contributed by atoms with Crippen molar-refractivity contribution in [2.75, 3.05) is 5.32 Å². The lowest BCUT2D eigenvalue weighted by Crippen LogP contribution is -1.93. The van der Waals surface area contributed by atoms with Crippen molar-refractivity contribution in [3.63, 3.8) is 0 Å². The number of rotatable bonds is 3. The minimum Gasteiger partial charge on any atom is -0.475 e. The summed E-state index contributed by atoms with van der Waals surface area (Å²) in [4.78, 5) is 10.6. The molecule has 0 aliphatic rings. The standard InChI is InChI=1S/C12H10ClNO3/c1-7-2-3-8(13)9(6-7)14-11-5-4-10(17-11)12(15)16/h2-6,14H,1H3,(H,15,16). The van der Waals surface area contributed by atoms with Gasteiger partial charge >= 0.3 is 5.97 Å². The number of anilines is 2. The summed E-state index contributed by atoms with van der Waals surface area (Å²) in [5.41, 5.74) is 1.72. The minimum atomic E-state index is -1.10. The second kappa shape index (κ2) is 4.51. The fourth-order valence-electron chi connectivity index (χ4n) is 1.39. The van der Waals surface area contributed by atoms with Crippen molar-refractivity contribution >= 4 is 29.1 Å². The molecule has 1 aromatic heterocycles. The van der Waals surface area contributed by atoms with Gasteiger partial charge in [0.1, 0.15) is 0 Å². The monoisotopic (exact) mass is 251 g/mol. The molecule has 0 atom stereocenters. The molecule has 88 valence electrons. The molecule has 0 bridgehead atoms. The van der Waals surface area contributed by atoms with Gasteiger partial charge in [-0.3, -0.25) is 0 Å². The summed E-state index contributed by atoms with van der Waals surface area (Å²) in [5, 5.41) is 12.2. The highest BCUT2D eigenvalue weighted by Crippen LogP contribution is 2.27. The number of aromatic carboxylic acids is 1. The van der Waals surface area contributed by atoms with Crippen LogP contribution in [-0.2, 0) is 0 Å². The van der Waals surface area contributed by atoms with Gasteiger partial charge in [0.25, 0.3) is 0 Å². The molecule has 2 N–H and O–H groups in total. The normalized spacial score (nSPS) is 10.2.